The monoisotopic (exact) mass is 260 g/mol. The molecule has 0 spiro atoms. The van der Waals surface area contributed by atoms with Crippen LogP contribution in [0.3, 0.4) is 0 Å². The van der Waals surface area contributed by atoms with Crippen LogP contribution in [-0.2, 0) is 14.6 Å². The fraction of sp³-hybridized carbons (Fsp3) is 0.100. The molecular weight excluding hydrogens is 252 g/mol. The third-order valence-electron chi connectivity index (χ3n) is 1.85. The maximum Gasteiger partial charge on any atom is 0.329 e. The van der Waals surface area contributed by atoms with Crippen molar-refractivity contribution in [1.82, 2.24) is 0 Å². The Hall–Kier alpha value is -1.33. The number of rotatable bonds is 3. The Morgan fingerprint density at radius 2 is 2.06 bits per heavy atom. The van der Waals surface area contributed by atoms with E-state index in [0.29, 0.717) is 22.1 Å². The third-order valence-corrected chi connectivity index (χ3v) is 3.68. The van der Waals surface area contributed by atoms with E-state index in [-0.39, 0.29) is 4.90 Å². The summed E-state index contributed by atoms with van der Waals surface area (Å²) in [6.45, 7) is 1.67. The second-order valence-corrected chi connectivity index (χ2v) is 5.34. The van der Waals surface area contributed by atoms with E-state index in [9.17, 15) is 13.2 Å². The first-order valence-corrected chi connectivity index (χ1v) is 6.17. The number of carboxylic acids is 1. The maximum absolute atomic E-state index is 11.6. The SMILES string of the molecule is Cc1cc(S(=O)(=O)/C=C/C(=O)O)ccc1Cl. The number of sulfone groups is 1. The predicted molar refractivity (Wildman–Crippen MR) is 60.2 cm³/mol. The van der Waals surface area contributed by atoms with E-state index in [1.54, 1.807) is 6.92 Å². The van der Waals surface area contributed by atoms with Crippen molar-refractivity contribution in [2.24, 2.45) is 0 Å². The summed E-state index contributed by atoms with van der Waals surface area (Å²) in [6, 6.07) is 4.18. The van der Waals surface area contributed by atoms with Gasteiger partial charge in [-0.15, -0.1) is 0 Å². The zero-order chi connectivity index (χ0) is 12.3. The molecular formula is C10H9ClO4S. The van der Waals surface area contributed by atoms with Crippen LogP contribution in [0.4, 0.5) is 0 Å². The Labute approximate surface area is 98.1 Å². The molecule has 0 amide bonds. The van der Waals surface area contributed by atoms with Gasteiger partial charge in [-0.2, -0.15) is 0 Å². The fourth-order valence-electron chi connectivity index (χ4n) is 1.02. The van der Waals surface area contributed by atoms with Gasteiger partial charge in [0.2, 0.25) is 0 Å². The van der Waals surface area contributed by atoms with Gasteiger partial charge in [0.15, 0.2) is 9.84 Å². The molecule has 4 nitrogen and oxygen atoms in total. The van der Waals surface area contributed by atoms with Crippen molar-refractivity contribution in [3.63, 3.8) is 0 Å². The topological polar surface area (TPSA) is 71.4 Å². The molecule has 0 radical (unpaired) electrons. The van der Waals surface area contributed by atoms with Crippen LogP contribution < -0.4 is 0 Å². The van der Waals surface area contributed by atoms with Gasteiger partial charge in [0.25, 0.3) is 0 Å². The summed E-state index contributed by atoms with van der Waals surface area (Å²) in [7, 11) is -3.71. The number of carbonyl (C=O) groups is 1. The number of hydrogen-bond donors (Lipinski definition) is 1. The molecule has 1 N–H and O–H groups in total. The molecule has 0 saturated carbocycles. The molecule has 16 heavy (non-hydrogen) atoms. The molecule has 0 aliphatic carbocycles. The minimum atomic E-state index is -3.71. The highest BCUT2D eigenvalue weighted by Crippen LogP contribution is 2.20. The first kappa shape index (κ1) is 12.7. The van der Waals surface area contributed by atoms with Crippen LogP contribution in [0.2, 0.25) is 5.02 Å². The lowest BCUT2D eigenvalue weighted by Gasteiger charge is -2.01. The van der Waals surface area contributed by atoms with Crippen LogP contribution >= 0.6 is 11.6 Å². The molecule has 0 atom stereocenters. The highest BCUT2D eigenvalue weighted by Gasteiger charge is 2.11. The largest absolute Gasteiger partial charge is 0.478 e. The summed E-state index contributed by atoms with van der Waals surface area (Å²) in [6.07, 6.45) is 0.583. The summed E-state index contributed by atoms with van der Waals surface area (Å²) < 4.78 is 23.2. The van der Waals surface area contributed by atoms with Gasteiger partial charge in [-0.25, -0.2) is 13.2 Å². The van der Waals surface area contributed by atoms with E-state index in [1.165, 1.54) is 18.2 Å². The molecule has 0 saturated heterocycles. The van der Waals surface area contributed by atoms with Crippen LogP contribution in [0, 0.1) is 6.92 Å². The van der Waals surface area contributed by atoms with E-state index in [1.807, 2.05) is 0 Å². The van der Waals surface area contributed by atoms with Gasteiger partial charge < -0.3 is 5.11 Å². The number of aryl methyl sites for hydroxylation is 1. The predicted octanol–water partition coefficient (Wildman–Crippen LogP) is 2.02. The van der Waals surface area contributed by atoms with Crippen molar-refractivity contribution < 1.29 is 18.3 Å². The van der Waals surface area contributed by atoms with E-state index < -0.39 is 15.8 Å². The van der Waals surface area contributed by atoms with Crippen LogP contribution in [0.15, 0.2) is 34.6 Å². The van der Waals surface area contributed by atoms with Crippen LogP contribution in [-0.4, -0.2) is 19.5 Å². The summed E-state index contributed by atoms with van der Waals surface area (Å²) in [5.74, 6) is -1.31. The van der Waals surface area contributed by atoms with Crippen LogP contribution in [0.25, 0.3) is 0 Å². The van der Waals surface area contributed by atoms with Crippen LogP contribution in [0.5, 0.6) is 0 Å². The maximum atomic E-state index is 11.6. The van der Waals surface area contributed by atoms with Gasteiger partial charge in [-0.05, 0) is 30.7 Å². The van der Waals surface area contributed by atoms with E-state index in [4.69, 9.17) is 16.7 Å². The lowest BCUT2D eigenvalue weighted by atomic mass is 10.2. The molecule has 0 unspecified atom stereocenters. The normalized spacial score (nSPS) is 11.9. The quantitative estimate of drug-likeness (QED) is 0.844. The number of carboxylic acid groups (broad SMARTS) is 1. The zero-order valence-corrected chi connectivity index (χ0v) is 9.92. The summed E-state index contributed by atoms with van der Waals surface area (Å²) in [5.41, 5.74) is 0.617. The molecule has 0 aliphatic heterocycles. The molecule has 1 aromatic carbocycles. The summed E-state index contributed by atoms with van der Waals surface area (Å²) >= 11 is 5.75. The van der Waals surface area contributed by atoms with Crippen LogP contribution in [0.1, 0.15) is 5.56 Å². The lowest BCUT2D eigenvalue weighted by Crippen LogP contribution is -1.98. The van der Waals surface area contributed by atoms with Crippen molar-refractivity contribution in [2.45, 2.75) is 11.8 Å². The Balaban J connectivity index is 3.18. The lowest BCUT2D eigenvalue weighted by molar-refractivity contribution is -0.131. The molecule has 1 rings (SSSR count). The van der Waals surface area contributed by atoms with Crippen molar-refractivity contribution in [3.05, 3.63) is 40.3 Å². The van der Waals surface area contributed by atoms with Gasteiger partial charge in [0, 0.05) is 16.5 Å². The highest BCUT2D eigenvalue weighted by atomic mass is 35.5. The molecule has 0 bridgehead atoms. The Morgan fingerprint density at radius 3 is 2.56 bits per heavy atom. The third kappa shape index (κ3) is 3.08. The standard InChI is InChI=1S/C10H9ClO4S/c1-7-6-8(2-3-9(7)11)16(14,15)5-4-10(12)13/h2-6H,1H3,(H,12,13)/b5-4+. The van der Waals surface area contributed by atoms with Gasteiger partial charge in [-0.3, -0.25) is 0 Å². The van der Waals surface area contributed by atoms with Gasteiger partial charge >= 0.3 is 5.97 Å². The average Bonchev–Trinajstić information content (AvgIpc) is 2.19. The van der Waals surface area contributed by atoms with Crippen molar-refractivity contribution in [2.75, 3.05) is 0 Å². The van der Waals surface area contributed by atoms with Crippen molar-refractivity contribution >= 4 is 27.4 Å². The second-order valence-electron chi connectivity index (χ2n) is 3.10. The molecule has 86 valence electrons. The minimum Gasteiger partial charge on any atom is -0.478 e. The van der Waals surface area contributed by atoms with Gasteiger partial charge in [-0.1, -0.05) is 11.6 Å². The van der Waals surface area contributed by atoms with Crippen molar-refractivity contribution in [1.29, 1.82) is 0 Å². The Kier molecular flexibility index (Phi) is 3.72. The average molecular weight is 261 g/mol. The minimum absolute atomic E-state index is 0.0203. The first-order valence-electron chi connectivity index (χ1n) is 4.25. The summed E-state index contributed by atoms with van der Waals surface area (Å²) in [5, 5.41) is 9.46. The van der Waals surface area contributed by atoms with Crippen molar-refractivity contribution in [3.8, 4) is 0 Å². The van der Waals surface area contributed by atoms with E-state index >= 15 is 0 Å². The molecule has 0 heterocycles. The highest BCUT2D eigenvalue weighted by molar-refractivity contribution is 7.94. The van der Waals surface area contributed by atoms with E-state index in [2.05, 4.69) is 0 Å². The van der Waals surface area contributed by atoms with E-state index in [0.717, 1.165) is 0 Å². The first-order chi connectivity index (χ1) is 7.33. The molecule has 6 heteroatoms. The molecule has 0 aliphatic rings. The smallest absolute Gasteiger partial charge is 0.329 e. The van der Waals surface area contributed by atoms with Gasteiger partial charge in [0.05, 0.1) is 4.90 Å². The molecule has 1 aromatic rings. The fourth-order valence-corrected chi connectivity index (χ4v) is 2.19. The molecule has 0 aromatic heterocycles. The number of aliphatic carboxylic acids is 1. The number of benzene rings is 1. The summed E-state index contributed by atoms with van der Waals surface area (Å²) in [4.78, 5) is 10.2. The second kappa shape index (κ2) is 4.67. The zero-order valence-electron chi connectivity index (χ0n) is 8.34. The molecule has 0 fully saturated rings. The number of halogens is 1. The Bertz CT molecular complexity index is 546. The number of hydrogen-bond acceptors (Lipinski definition) is 3. The van der Waals surface area contributed by atoms with Gasteiger partial charge in [0.1, 0.15) is 0 Å². The Morgan fingerprint density at radius 1 is 1.44 bits per heavy atom.